The predicted molar refractivity (Wildman–Crippen MR) is 83.6 cm³/mol. The fraction of sp³-hybridized carbons (Fsp3) is 0.214. The summed E-state index contributed by atoms with van der Waals surface area (Å²) in [6.07, 6.45) is 0. The van der Waals surface area contributed by atoms with Gasteiger partial charge in [-0.15, -0.1) is 0 Å². The minimum Gasteiger partial charge on any atom is -0.481 e. The molecule has 0 bridgehead atoms. The van der Waals surface area contributed by atoms with Gasteiger partial charge in [-0.2, -0.15) is 0 Å². The lowest BCUT2D eigenvalue weighted by Crippen LogP contribution is -2.37. The number of aromatic carboxylic acids is 1. The second-order valence-corrected chi connectivity index (χ2v) is 6.91. The van der Waals surface area contributed by atoms with E-state index in [4.69, 9.17) is 4.74 Å². The molecule has 2 N–H and O–H groups in total. The number of hydrogen-bond acceptors (Lipinski definition) is 6. The highest BCUT2D eigenvalue weighted by atomic mass is 32.2. The summed E-state index contributed by atoms with van der Waals surface area (Å²) >= 11 is 0. The van der Waals surface area contributed by atoms with Gasteiger partial charge in [0, 0.05) is 6.54 Å². The highest BCUT2D eigenvalue weighted by Crippen LogP contribution is 2.19. The monoisotopic (exact) mass is 351 g/mol. The topological polar surface area (TPSA) is 128 Å². The van der Waals surface area contributed by atoms with Crippen molar-refractivity contribution in [2.45, 2.75) is 13.2 Å². The van der Waals surface area contributed by atoms with Crippen LogP contribution in [-0.4, -0.2) is 34.8 Å². The fourth-order valence-electron chi connectivity index (χ4n) is 2.23. The number of benzene rings is 1. The second kappa shape index (κ2) is 5.96. The number of ether oxygens (including phenoxy) is 1. The molecule has 10 heteroatoms. The van der Waals surface area contributed by atoms with Crippen LogP contribution in [0.1, 0.15) is 16.1 Å². The van der Waals surface area contributed by atoms with Crippen molar-refractivity contribution in [2.75, 3.05) is 10.5 Å². The number of rotatable bonds is 4. The van der Waals surface area contributed by atoms with E-state index < -0.39 is 33.0 Å². The van der Waals surface area contributed by atoms with Crippen LogP contribution in [0.4, 0.5) is 5.95 Å². The van der Waals surface area contributed by atoms with Crippen molar-refractivity contribution < 1.29 is 23.1 Å². The molecule has 0 aliphatic carbocycles. The zero-order chi connectivity index (χ0) is 17.3. The lowest BCUT2D eigenvalue weighted by atomic mass is 10.2. The van der Waals surface area contributed by atoms with Gasteiger partial charge in [0.05, 0.1) is 5.75 Å². The number of fused-ring (bicyclic) bond motifs is 1. The van der Waals surface area contributed by atoms with Crippen molar-refractivity contribution in [3.05, 3.63) is 51.9 Å². The van der Waals surface area contributed by atoms with Crippen LogP contribution < -0.4 is 15.0 Å². The summed E-state index contributed by atoms with van der Waals surface area (Å²) in [6, 6.07) is 8.90. The van der Waals surface area contributed by atoms with E-state index in [1.165, 1.54) is 0 Å². The molecule has 0 radical (unpaired) electrons. The van der Waals surface area contributed by atoms with Crippen LogP contribution in [0.15, 0.2) is 35.1 Å². The standard InChI is InChI=1S/C14H13N3O6S/c18-12-11(23-8-9-4-2-1-3-5-9)10(13(19)20)15-14-16-24(21,22)7-6-17(12)14/h1-5H,6-8H2,(H,15,16)(H,19,20). The first-order valence-electron chi connectivity index (χ1n) is 6.93. The number of sulfonamides is 1. The molecule has 2 heterocycles. The van der Waals surface area contributed by atoms with Crippen LogP contribution in [0.25, 0.3) is 0 Å². The number of nitrogens with one attached hydrogen (secondary N) is 1. The molecule has 0 spiro atoms. The Kier molecular flexibility index (Phi) is 3.97. The van der Waals surface area contributed by atoms with Crippen molar-refractivity contribution in [3.8, 4) is 5.75 Å². The maximum atomic E-state index is 12.5. The molecule has 1 aliphatic heterocycles. The molecule has 24 heavy (non-hydrogen) atoms. The van der Waals surface area contributed by atoms with Crippen molar-refractivity contribution in [3.63, 3.8) is 0 Å². The highest BCUT2D eigenvalue weighted by Gasteiger charge is 2.28. The molecule has 0 amide bonds. The quantitative estimate of drug-likeness (QED) is 0.809. The molecule has 0 atom stereocenters. The van der Waals surface area contributed by atoms with Gasteiger partial charge in [-0.3, -0.25) is 14.1 Å². The SMILES string of the molecule is O=C(O)c1nc2n(c(=O)c1OCc1ccccc1)CCS(=O)(=O)N2. The summed E-state index contributed by atoms with van der Waals surface area (Å²) in [6.45, 7) is -0.138. The lowest BCUT2D eigenvalue weighted by Gasteiger charge is -2.20. The minimum absolute atomic E-state index is 0.0108. The number of hydrogen-bond donors (Lipinski definition) is 2. The summed E-state index contributed by atoms with van der Waals surface area (Å²) in [5.41, 5.74) is -0.626. The third-order valence-corrected chi connectivity index (χ3v) is 4.60. The largest absolute Gasteiger partial charge is 0.481 e. The number of carbonyl (C=O) groups is 1. The normalized spacial score (nSPS) is 15.2. The van der Waals surface area contributed by atoms with Crippen LogP contribution in [0.2, 0.25) is 0 Å². The molecule has 0 fully saturated rings. The summed E-state index contributed by atoms with van der Waals surface area (Å²) in [4.78, 5) is 27.6. The number of carboxylic acid groups (broad SMARTS) is 1. The van der Waals surface area contributed by atoms with Crippen LogP contribution in [0, 0.1) is 0 Å². The Balaban J connectivity index is 2.02. The smallest absolute Gasteiger partial charge is 0.358 e. The Morgan fingerprint density at radius 2 is 2.04 bits per heavy atom. The molecule has 0 unspecified atom stereocenters. The second-order valence-electron chi connectivity index (χ2n) is 5.07. The van der Waals surface area contributed by atoms with Gasteiger partial charge in [-0.05, 0) is 5.56 Å². The molecule has 9 nitrogen and oxygen atoms in total. The Labute approximate surface area is 136 Å². The van der Waals surface area contributed by atoms with Gasteiger partial charge >= 0.3 is 5.97 Å². The Morgan fingerprint density at radius 1 is 1.33 bits per heavy atom. The lowest BCUT2D eigenvalue weighted by molar-refractivity contribution is 0.0683. The molecule has 0 saturated carbocycles. The van der Waals surface area contributed by atoms with E-state index in [2.05, 4.69) is 9.71 Å². The Hall–Kier alpha value is -2.88. The average Bonchev–Trinajstić information content (AvgIpc) is 2.53. The van der Waals surface area contributed by atoms with Crippen LogP contribution in [0.3, 0.4) is 0 Å². The number of aromatic nitrogens is 2. The third kappa shape index (κ3) is 3.08. The Bertz CT molecular complexity index is 952. The van der Waals surface area contributed by atoms with Gasteiger partial charge in [0.15, 0.2) is 5.69 Å². The molecule has 2 aromatic rings. The summed E-state index contributed by atoms with van der Waals surface area (Å²) in [5, 5.41) is 9.25. The van der Waals surface area contributed by atoms with E-state index in [-0.39, 0.29) is 24.9 Å². The number of anilines is 1. The number of carboxylic acids is 1. The van der Waals surface area contributed by atoms with Crippen molar-refractivity contribution >= 4 is 21.9 Å². The van der Waals surface area contributed by atoms with Crippen molar-refractivity contribution in [1.29, 1.82) is 0 Å². The maximum absolute atomic E-state index is 12.5. The molecule has 1 aromatic carbocycles. The maximum Gasteiger partial charge on any atom is 0.358 e. The van der Waals surface area contributed by atoms with E-state index in [0.717, 1.165) is 10.1 Å². The Morgan fingerprint density at radius 3 is 2.71 bits per heavy atom. The molecule has 0 saturated heterocycles. The third-order valence-electron chi connectivity index (χ3n) is 3.39. The van der Waals surface area contributed by atoms with Crippen LogP contribution in [0.5, 0.6) is 5.75 Å². The molecule has 3 rings (SSSR count). The molecule has 126 valence electrons. The van der Waals surface area contributed by atoms with Gasteiger partial charge in [-0.1, -0.05) is 30.3 Å². The molecular weight excluding hydrogens is 338 g/mol. The van der Waals surface area contributed by atoms with Gasteiger partial charge in [0.1, 0.15) is 6.61 Å². The van der Waals surface area contributed by atoms with E-state index in [1.807, 2.05) is 6.07 Å². The zero-order valence-electron chi connectivity index (χ0n) is 12.3. The van der Waals surface area contributed by atoms with Gasteiger partial charge in [0.2, 0.25) is 21.7 Å². The average molecular weight is 351 g/mol. The van der Waals surface area contributed by atoms with Crippen LogP contribution in [-0.2, 0) is 23.2 Å². The molecule has 1 aliphatic rings. The predicted octanol–water partition coefficient (Wildman–Crippen LogP) is 0.276. The molecule has 1 aromatic heterocycles. The van der Waals surface area contributed by atoms with Crippen LogP contribution >= 0.6 is 0 Å². The first kappa shape index (κ1) is 16.0. The number of nitrogens with zero attached hydrogens (tertiary/aromatic N) is 2. The molecular formula is C14H13N3O6S. The van der Waals surface area contributed by atoms with Gasteiger partial charge in [-0.25, -0.2) is 18.2 Å². The fourth-order valence-corrected chi connectivity index (χ4v) is 3.19. The van der Waals surface area contributed by atoms with Gasteiger partial charge < -0.3 is 9.84 Å². The van der Waals surface area contributed by atoms with E-state index in [1.54, 1.807) is 24.3 Å². The van der Waals surface area contributed by atoms with Crippen molar-refractivity contribution in [1.82, 2.24) is 9.55 Å². The van der Waals surface area contributed by atoms with Crippen molar-refractivity contribution in [2.24, 2.45) is 0 Å². The summed E-state index contributed by atoms with van der Waals surface area (Å²) < 4.78 is 31.6. The summed E-state index contributed by atoms with van der Waals surface area (Å²) in [5.74, 6) is -2.53. The summed E-state index contributed by atoms with van der Waals surface area (Å²) in [7, 11) is -3.63. The van der Waals surface area contributed by atoms with E-state index in [9.17, 15) is 23.1 Å². The highest BCUT2D eigenvalue weighted by molar-refractivity contribution is 7.92. The first-order valence-corrected chi connectivity index (χ1v) is 8.58. The van der Waals surface area contributed by atoms with E-state index >= 15 is 0 Å². The zero-order valence-corrected chi connectivity index (χ0v) is 13.1. The first-order chi connectivity index (χ1) is 11.4. The van der Waals surface area contributed by atoms with Gasteiger partial charge in [0.25, 0.3) is 5.56 Å². The van der Waals surface area contributed by atoms with E-state index in [0.29, 0.717) is 0 Å². The minimum atomic E-state index is -3.63.